The fourth-order valence-corrected chi connectivity index (χ4v) is 7.63. The summed E-state index contributed by atoms with van der Waals surface area (Å²) >= 11 is 0. The number of hydrogen-bond acceptors (Lipinski definition) is 6. The van der Waals surface area contributed by atoms with Crippen molar-refractivity contribution in [1.29, 1.82) is 0 Å². The lowest BCUT2D eigenvalue weighted by molar-refractivity contribution is -0.166. The molecule has 0 aliphatic carbocycles. The molecule has 0 radical (unpaired) electrons. The first kappa shape index (κ1) is 65.1. The van der Waals surface area contributed by atoms with E-state index in [1.54, 1.807) is 6.08 Å². The quantitative estimate of drug-likeness (QED) is 0.0262. The van der Waals surface area contributed by atoms with Gasteiger partial charge in [-0.1, -0.05) is 259 Å². The number of rotatable bonds is 50. The minimum atomic E-state index is -0.827. The second kappa shape index (κ2) is 56.7. The zero-order valence-electron chi connectivity index (χ0n) is 44.8. The van der Waals surface area contributed by atoms with Gasteiger partial charge in [-0.15, -0.1) is 0 Å². The Morgan fingerprint density at radius 2 is 0.609 bits per heavy atom. The van der Waals surface area contributed by atoms with Crippen molar-refractivity contribution in [3.8, 4) is 0 Å². The first-order valence-electron chi connectivity index (χ1n) is 28.4. The number of ether oxygens (including phenoxy) is 3. The molecule has 0 heterocycles. The molecule has 392 valence electrons. The summed E-state index contributed by atoms with van der Waals surface area (Å²) in [7, 11) is 0. The highest BCUT2D eigenvalue weighted by Gasteiger charge is 2.19. The first-order valence-corrected chi connectivity index (χ1v) is 28.4. The molecule has 0 aliphatic heterocycles. The third-order valence-electron chi connectivity index (χ3n) is 11.8. The standard InChI is InChI=1S/C63H104O6/c1-4-7-10-13-15-17-19-21-23-24-25-26-27-28-29-30-31-32-33-34-35-36-37-38-40-41-43-45-47-50-53-56-62(65)68-59-60(58-67-61(64)55-52-49-12-9-6-3)69-63(66)57-54-51-48-46-44-42-39-22-20-18-16-14-11-8-5-2/h7-8,10-11,15-18,21-23,25-26,39,44,46,51,54,60H,4-6,9,12-14,19-20,24,27-38,40-43,45,47-50,52-53,55-59H2,1-3H3/b10-7-,11-8-,17-15-,18-16-,23-21-,26-25-,39-22-,46-44-,54-51-. The molecule has 6 heteroatoms. The summed E-state index contributed by atoms with van der Waals surface area (Å²) in [6.07, 6.45) is 77.4. The van der Waals surface area contributed by atoms with Crippen molar-refractivity contribution in [2.75, 3.05) is 13.2 Å². The van der Waals surface area contributed by atoms with Crippen molar-refractivity contribution in [2.24, 2.45) is 0 Å². The Balaban J connectivity index is 4.04. The summed E-state index contributed by atoms with van der Waals surface area (Å²) in [6.45, 7) is 6.24. The van der Waals surface area contributed by atoms with Gasteiger partial charge in [-0.2, -0.15) is 0 Å². The molecular formula is C63H104O6. The molecule has 1 atom stereocenters. The highest BCUT2D eigenvalue weighted by molar-refractivity contribution is 5.72. The van der Waals surface area contributed by atoms with E-state index < -0.39 is 12.1 Å². The molecule has 0 bridgehead atoms. The fraction of sp³-hybridized carbons (Fsp3) is 0.667. The molecule has 1 unspecified atom stereocenters. The van der Waals surface area contributed by atoms with Crippen LogP contribution < -0.4 is 0 Å². The van der Waals surface area contributed by atoms with Crippen LogP contribution in [0.15, 0.2) is 109 Å². The SMILES string of the molecule is CC/C=C\C/C=C\C/C=C\C/C=C\C/C=C\CC(=O)OC(COC(=O)CCCCCCC)COC(=O)CCCCCCCCCCCCCCCCCCCC/C=C\C/C=C\C/C=C\C/C=C\CC. The van der Waals surface area contributed by atoms with Crippen LogP contribution in [0.4, 0.5) is 0 Å². The zero-order chi connectivity index (χ0) is 50.0. The van der Waals surface area contributed by atoms with Crippen molar-refractivity contribution in [3.63, 3.8) is 0 Å². The molecule has 6 nitrogen and oxygen atoms in total. The molecule has 0 amide bonds. The van der Waals surface area contributed by atoms with Crippen LogP contribution in [0.5, 0.6) is 0 Å². The van der Waals surface area contributed by atoms with E-state index in [2.05, 4.69) is 118 Å². The van der Waals surface area contributed by atoms with E-state index in [0.29, 0.717) is 12.8 Å². The number of hydrogen-bond donors (Lipinski definition) is 0. The Kier molecular flexibility index (Phi) is 53.4. The van der Waals surface area contributed by atoms with Crippen LogP contribution in [0.2, 0.25) is 0 Å². The molecule has 0 aromatic rings. The van der Waals surface area contributed by atoms with E-state index >= 15 is 0 Å². The largest absolute Gasteiger partial charge is 0.462 e. The third-order valence-corrected chi connectivity index (χ3v) is 11.8. The second-order valence-electron chi connectivity index (χ2n) is 18.5. The lowest BCUT2D eigenvalue weighted by atomic mass is 10.0. The fourth-order valence-electron chi connectivity index (χ4n) is 7.63. The van der Waals surface area contributed by atoms with Crippen LogP contribution in [0.1, 0.15) is 252 Å². The van der Waals surface area contributed by atoms with Crippen molar-refractivity contribution in [2.45, 2.75) is 258 Å². The van der Waals surface area contributed by atoms with E-state index in [1.165, 1.54) is 103 Å². The Morgan fingerprint density at radius 1 is 0.319 bits per heavy atom. The number of esters is 3. The predicted molar refractivity (Wildman–Crippen MR) is 297 cm³/mol. The maximum Gasteiger partial charge on any atom is 0.310 e. The summed E-state index contributed by atoms with van der Waals surface area (Å²) in [4.78, 5) is 37.6. The highest BCUT2D eigenvalue weighted by Crippen LogP contribution is 2.16. The average Bonchev–Trinajstić information content (AvgIpc) is 3.35. The molecule has 0 spiro atoms. The monoisotopic (exact) mass is 957 g/mol. The maximum atomic E-state index is 12.7. The zero-order valence-corrected chi connectivity index (χ0v) is 44.8. The number of carbonyl (C=O) groups is 3. The summed E-state index contributed by atoms with van der Waals surface area (Å²) in [6, 6.07) is 0. The Bertz CT molecular complexity index is 1420. The summed E-state index contributed by atoms with van der Waals surface area (Å²) in [5, 5.41) is 0. The van der Waals surface area contributed by atoms with Gasteiger partial charge in [0.15, 0.2) is 6.10 Å². The number of carbonyl (C=O) groups excluding carboxylic acids is 3. The van der Waals surface area contributed by atoms with Gasteiger partial charge in [-0.25, -0.2) is 0 Å². The van der Waals surface area contributed by atoms with Crippen molar-refractivity contribution < 1.29 is 28.6 Å². The molecule has 0 N–H and O–H groups in total. The van der Waals surface area contributed by atoms with E-state index in [9.17, 15) is 14.4 Å². The van der Waals surface area contributed by atoms with Crippen molar-refractivity contribution in [1.82, 2.24) is 0 Å². The van der Waals surface area contributed by atoms with Crippen LogP contribution in [-0.2, 0) is 28.6 Å². The Hall–Kier alpha value is -3.93. The van der Waals surface area contributed by atoms with Crippen LogP contribution in [0.25, 0.3) is 0 Å². The summed E-state index contributed by atoms with van der Waals surface area (Å²) in [5.41, 5.74) is 0. The molecular weight excluding hydrogens is 853 g/mol. The average molecular weight is 958 g/mol. The normalized spacial score (nSPS) is 12.9. The lowest BCUT2D eigenvalue weighted by Crippen LogP contribution is -2.30. The van der Waals surface area contributed by atoms with Gasteiger partial charge in [0.2, 0.25) is 0 Å². The second-order valence-corrected chi connectivity index (χ2v) is 18.5. The van der Waals surface area contributed by atoms with E-state index in [4.69, 9.17) is 14.2 Å². The van der Waals surface area contributed by atoms with Crippen molar-refractivity contribution >= 4 is 17.9 Å². The summed E-state index contributed by atoms with van der Waals surface area (Å²) < 4.78 is 16.6. The van der Waals surface area contributed by atoms with Gasteiger partial charge in [0, 0.05) is 12.8 Å². The topological polar surface area (TPSA) is 78.9 Å². The van der Waals surface area contributed by atoms with E-state index in [1.807, 2.05) is 6.08 Å². The smallest absolute Gasteiger partial charge is 0.310 e. The number of unbranched alkanes of at least 4 members (excludes halogenated alkanes) is 22. The minimum absolute atomic E-state index is 0.0964. The van der Waals surface area contributed by atoms with Gasteiger partial charge in [-0.3, -0.25) is 14.4 Å². The maximum absolute atomic E-state index is 12.7. The van der Waals surface area contributed by atoms with Crippen LogP contribution >= 0.6 is 0 Å². The third kappa shape index (κ3) is 54.9. The van der Waals surface area contributed by atoms with E-state index in [0.717, 1.165) is 109 Å². The van der Waals surface area contributed by atoms with Gasteiger partial charge in [0.05, 0.1) is 6.42 Å². The Labute approximate surface area is 425 Å². The lowest BCUT2D eigenvalue weighted by Gasteiger charge is -2.18. The Morgan fingerprint density at radius 3 is 0.957 bits per heavy atom. The molecule has 0 saturated carbocycles. The summed E-state index contributed by atoms with van der Waals surface area (Å²) in [5.74, 6) is -1.06. The molecule has 69 heavy (non-hydrogen) atoms. The number of allylic oxidation sites excluding steroid dienone is 17. The molecule has 0 aromatic heterocycles. The van der Waals surface area contributed by atoms with E-state index in [-0.39, 0.29) is 31.6 Å². The molecule has 0 aromatic carbocycles. The molecule has 0 rings (SSSR count). The first-order chi connectivity index (χ1) is 34.0. The molecule has 0 fully saturated rings. The van der Waals surface area contributed by atoms with Crippen LogP contribution in [0.3, 0.4) is 0 Å². The van der Waals surface area contributed by atoms with Crippen molar-refractivity contribution in [3.05, 3.63) is 109 Å². The van der Waals surface area contributed by atoms with Crippen LogP contribution in [0, 0.1) is 0 Å². The minimum Gasteiger partial charge on any atom is -0.462 e. The van der Waals surface area contributed by atoms with Crippen LogP contribution in [-0.4, -0.2) is 37.2 Å². The highest BCUT2D eigenvalue weighted by atomic mass is 16.6. The predicted octanol–water partition coefficient (Wildman–Crippen LogP) is 19.1. The molecule has 0 aliphatic rings. The van der Waals surface area contributed by atoms with Gasteiger partial charge in [0.1, 0.15) is 13.2 Å². The van der Waals surface area contributed by atoms with Gasteiger partial charge in [-0.05, 0) is 83.5 Å². The van der Waals surface area contributed by atoms with Gasteiger partial charge < -0.3 is 14.2 Å². The van der Waals surface area contributed by atoms with Gasteiger partial charge >= 0.3 is 17.9 Å². The van der Waals surface area contributed by atoms with Gasteiger partial charge in [0.25, 0.3) is 0 Å². The molecule has 0 saturated heterocycles.